The topological polar surface area (TPSA) is 29.1 Å². The Morgan fingerprint density at radius 2 is 1.88 bits per heavy atom. The second kappa shape index (κ2) is 7.10. The Morgan fingerprint density at radius 3 is 2.47 bits per heavy atom. The van der Waals surface area contributed by atoms with Crippen LogP contribution in [0, 0.1) is 12.8 Å². The molecule has 0 saturated heterocycles. The zero-order chi connectivity index (χ0) is 12.7. The Morgan fingerprint density at radius 1 is 1.24 bits per heavy atom. The van der Waals surface area contributed by atoms with Gasteiger partial charge in [-0.2, -0.15) is 0 Å². The molecule has 0 atom stereocenters. The molecule has 0 aliphatic rings. The third kappa shape index (κ3) is 6.10. The van der Waals surface area contributed by atoms with Gasteiger partial charge in [0.25, 0.3) is 0 Å². The minimum atomic E-state index is 0.123. The molecule has 0 bridgehead atoms. The lowest BCUT2D eigenvalue weighted by atomic mass is 10.1. The van der Waals surface area contributed by atoms with Crippen molar-refractivity contribution in [2.24, 2.45) is 5.92 Å². The predicted octanol–water partition coefficient (Wildman–Crippen LogP) is 3.09. The van der Waals surface area contributed by atoms with Gasteiger partial charge in [-0.3, -0.25) is 4.79 Å². The average Bonchev–Trinajstić information content (AvgIpc) is 2.27. The number of amides is 1. The Bertz CT molecular complexity index is 340. The molecule has 1 N–H and O–H groups in total. The summed E-state index contributed by atoms with van der Waals surface area (Å²) in [6.07, 6.45) is 2.73. The highest BCUT2D eigenvalue weighted by Gasteiger charge is 2.02. The van der Waals surface area contributed by atoms with Crippen molar-refractivity contribution in [1.29, 1.82) is 0 Å². The van der Waals surface area contributed by atoms with Gasteiger partial charge in [0.15, 0.2) is 0 Å². The standard InChI is InChI=1S/C15H23NO/c1-12(2)5-4-10-16-15(17)11-14-8-6-13(3)7-9-14/h6-9,12H,4-5,10-11H2,1-3H3,(H,16,17). The first-order chi connectivity index (χ1) is 8.08. The maximum atomic E-state index is 11.6. The molecule has 0 aliphatic carbocycles. The first-order valence-corrected chi connectivity index (χ1v) is 6.40. The molecule has 94 valence electrons. The molecule has 1 aromatic rings. The summed E-state index contributed by atoms with van der Waals surface area (Å²) < 4.78 is 0. The molecule has 0 heterocycles. The number of hydrogen-bond acceptors (Lipinski definition) is 1. The van der Waals surface area contributed by atoms with E-state index in [9.17, 15) is 4.79 Å². The molecule has 1 amide bonds. The lowest BCUT2D eigenvalue weighted by Gasteiger charge is -2.07. The summed E-state index contributed by atoms with van der Waals surface area (Å²) in [5, 5.41) is 2.96. The molecular formula is C15H23NO. The molecule has 0 aliphatic heterocycles. The maximum Gasteiger partial charge on any atom is 0.224 e. The van der Waals surface area contributed by atoms with Crippen molar-refractivity contribution in [3.8, 4) is 0 Å². The molecule has 17 heavy (non-hydrogen) atoms. The fraction of sp³-hybridized carbons (Fsp3) is 0.533. The first-order valence-electron chi connectivity index (χ1n) is 6.40. The number of hydrogen-bond donors (Lipinski definition) is 1. The lowest BCUT2D eigenvalue weighted by Crippen LogP contribution is -2.26. The van der Waals surface area contributed by atoms with E-state index in [2.05, 4.69) is 26.1 Å². The number of rotatable bonds is 6. The van der Waals surface area contributed by atoms with Gasteiger partial charge < -0.3 is 5.32 Å². The lowest BCUT2D eigenvalue weighted by molar-refractivity contribution is -0.120. The van der Waals surface area contributed by atoms with Crippen molar-refractivity contribution in [3.05, 3.63) is 35.4 Å². The number of benzene rings is 1. The van der Waals surface area contributed by atoms with Crippen LogP contribution in [-0.2, 0) is 11.2 Å². The van der Waals surface area contributed by atoms with E-state index in [4.69, 9.17) is 0 Å². The van der Waals surface area contributed by atoms with Crippen molar-refractivity contribution in [1.82, 2.24) is 5.32 Å². The third-order valence-corrected chi connectivity index (χ3v) is 2.77. The van der Waals surface area contributed by atoms with Crippen LogP contribution in [-0.4, -0.2) is 12.5 Å². The fourth-order valence-electron chi connectivity index (χ4n) is 1.69. The molecular weight excluding hydrogens is 210 g/mol. The van der Waals surface area contributed by atoms with Gasteiger partial charge in [-0.05, 0) is 31.2 Å². The number of aryl methyl sites for hydroxylation is 1. The monoisotopic (exact) mass is 233 g/mol. The van der Waals surface area contributed by atoms with E-state index in [1.165, 1.54) is 12.0 Å². The van der Waals surface area contributed by atoms with E-state index >= 15 is 0 Å². The van der Waals surface area contributed by atoms with Crippen molar-refractivity contribution < 1.29 is 4.79 Å². The van der Waals surface area contributed by atoms with Gasteiger partial charge in [-0.25, -0.2) is 0 Å². The van der Waals surface area contributed by atoms with Crippen molar-refractivity contribution in [2.45, 2.75) is 40.0 Å². The van der Waals surface area contributed by atoms with Crippen LogP contribution in [0.2, 0.25) is 0 Å². The summed E-state index contributed by atoms with van der Waals surface area (Å²) in [4.78, 5) is 11.6. The molecule has 0 spiro atoms. The van der Waals surface area contributed by atoms with E-state index in [1.54, 1.807) is 0 Å². The number of carbonyl (C=O) groups is 1. The predicted molar refractivity (Wildman–Crippen MR) is 72.0 cm³/mol. The van der Waals surface area contributed by atoms with Crippen LogP contribution in [0.1, 0.15) is 37.8 Å². The molecule has 0 radical (unpaired) electrons. The van der Waals surface area contributed by atoms with Crippen LogP contribution < -0.4 is 5.32 Å². The zero-order valence-corrected chi connectivity index (χ0v) is 11.1. The van der Waals surface area contributed by atoms with Crippen LogP contribution in [0.25, 0.3) is 0 Å². The fourth-order valence-corrected chi connectivity index (χ4v) is 1.69. The van der Waals surface area contributed by atoms with Gasteiger partial charge >= 0.3 is 0 Å². The van der Waals surface area contributed by atoms with Gasteiger partial charge in [0.2, 0.25) is 5.91 Å². The molecule has 2 nitrogen and oxygen atoms in total. The van der Waals surface area contributed by atoms with Gasteiger partial charge in [0.05, 0.1) is 6.42 Å². The molecule has 2 heteroatoms. The minimum Gasteiger partial charge on any atom is -0.356 e. The largest absolute Gasteiger partial charge is 0.356 e. The average molecular weight is 233 g/mol. The normalized spacial score (nSPS) is 10.6. The zero-order valence-electron chi connectivity index (χ0n) is 11.1. The van der Waals surface area contributed by atoms with Crippen molar-refractivity contribution in [3.63, 3.8) is 0 Å². The maximum absolute atomic E-state index is 11.6. The molecule has 1 aromatic carbocycles. The third-order valence-electron chi connectivity index (χ3n) is 2.77. The van der Waals surface area contributed by atoms with Crippen LogP contribution in [0.15, 0.2) is 24.3 Å². The SMILES string of the molecule is Cc1ccc(CC(=O)NCCCC(C)C)cc1. The molecule has 0 unspecified atom stereocenters. The summed E-state index contributed by atoms with van der Waals surface area (Å²) in [6.45, 7) is 7.25. The molecule has 0 fully saturated rings. The summed E-state index contributed by atoms with van der Waals surface area (Å²) in [5.41, 5.74) is 2.31. The van der Waals surface area contributed by atoms with E-state index < -0.39 is 0 Å². The second-order valence-electron chi connectivity index (χ2n) is 5.05. The Labute approximate surface area is 104 Å². The van der Waals surface area contributed by atoms with Crippen LogP contribution in [0.5, 0.6) is 0 Å². The molecule has 1 rings (SSSR count). The highest BCUT2D eigenvalue weighted by atomic mass is 16.1. The van der Waals surface area contributed by atoms with E-state index in [1.807, 2.05) is 24.3 Å². The van der Waals surface area contributed by atoms with Crippen LogP contribution in [0.3, 0.4) is 0 Å². The quantitative estimate of drug-likeness (QED) is 0.752. The summed E-state index contributed by atoms with van der Waals surface area (Å²) in [5.74, 6) is 0.835. The number of carbonyl (C=O) groups excluding carboxylic acids is 1. The first kappa shape index (κ1) is 13.8. The highest BCUT2D eigenvalue weighted by Crippen LogP contribution is 2.04. The van der Waals surface area contributed by atoms with Gasteiger partial charge in [-0.1, -0.05) is 43.7 Å². The van der Waals surface area contributed by atoms with Crippen molar-refractivity contribution in [2.75, 3.05) is 6.54 Å². The van der Waals surface area contributed by atoms with E-state index in [-0.39, 0.29) is 5.91 Å². The van der Waals surface area contributed by atoms with E-state index in [0.717, 1.165) is 18.5 Å². The van der Waals surface area contributed by atoms with Gasteiger partial charge in [-0.15, -0.1) is 0 Å². The molecule has 0 saturated carbocycles. The Kier molecular flexibility index (Phi) is 5.75. The Hall–Kier alpha value is -1.31. The highest BCUT2D eigenvalue weighted by molar-refractivity contribution is 5.78. The van der Waals surface area contributed by atoms with Crippen LogP contribution >= 0.6 is 0 Å². The van der Waals surface area contributed by atoms with Gasteiger partial charge in [0.1, 0.15) is 0 Å². The summed E-state index contributed by atoms with van der Waals surface area (Å²) in [7, 11) is 0. The van der Waals surface area contributed by atoms with Crippen LogP contribution in [0.4, 0.5) is 0 Å². The van der Waals surface area contributed by atoms with Gasteiger partial charge in [0, 0.05) is 6.54 Å². The second-order valence-corrected chi connectivity index (χ2v) is 5.05. The Balaban J connectivity index is 2.23. The van der Waals surface area contributed by atoms with Crippen molar-refractivity contribution >= 4 is 5.91 Å². The summed E-state index contributed by atoms with van der Waals surface area (Å²) in [6, 6.07) is 8.12. The minimum absolute atomic E-state index is 0.123. The smallest absolute Gasteiger partial charge is 0.224 e. The number of nitrogens with one attached hydrogen (secondary N) is 1. The summed E-state index contributed by atoms with van der Waals surface area (Å²) >= 11 is 0. The molecule has 0 aromatic heterocycles. The van der Waals surface area contributed by atoms with E-state index in [0.29, 0.717) is 12.3 Å².